The molecule has 2 amide bonds. The van der Waals surface area contributed by atoms with E-state index in [0.29, 0.717) is 50.0 Å². The maximum Gasteiger partial charge on any atom is 0.409 e. The molecule has 1 heterocycles. The van der Waals surface area contributed by atoms with Crippen LogP contribution in [0.2, 0.25) is 0 Å². The first-order valence-electron chi connectivity index (χ1n) is 14.3. The largest absolute Gasteiger partial charge is 0.453 e. The molecule has 7 nitrogen and oxygen atoms in total. The normalized spacial score (nSPS) is 40.9. The second kappa shape index (κ2) is 9.85. The molecular weight excluding hydrogens is 456 g/mol. The van der Waals surface area contributed by atoms with Crippen LogP contribution in [0.15, 0.2) is 11.6 Å². The van der Waals surface area contributed by atoms with Crippen molar-refractivity contribution < 1.29 is 24.2 Å². The monoisotopic (exact) mass is 502 g/mol. The van der Waals surface area contributed by atoms with Crippen LogP contribution in [0.5, 0.6) is 0 Å². The zero-order valence-corrected chi connectivity index (χ0v) is 22.7. The molecule has 0 radical (unpaired) electrons. The predicted molar refractivity (Wildman–Crippen MR) is 137 cm³/mol. The number of ether oxygens (including phenoxy) is 2. The predicted octanol–water partition coefficient (Wildman–Crippen LogP) is 5.08. The average Bonchev–Trinajstić information content (AvgIpc) is 3.24. The van der Waals surface area contributed by atoms with Gasteiger partial charge in [0.25, 0.3) is 0 Å². The maximum atomic E-state index is 12.8. The zero-order valence-electron chi connectivity index (χ0n) is 22.7. The fourth-order valence-electron chi connectivity index (χ4n) is 9.23. The minimum absolute atomic E-state index is 0.147. The Morgan fingerprint density at radius 3 is 2.42 bits per heavy atom. The van der Waals surface area contributed by atoms with Crippen LogP contribution in [0, 0.1) is 40.4 Å². The second-order valence-corrected chi connectivity index (χ2v) is 12.9. The number of methoxy groups -OCH3 is 1. The summed E-state index contributed by atoms with van der Waals surface area (Å²) in [5.41, 5.74) is 2.13. The Morgan fingerprint density at radius 1 is 1.03 bits per heavy atom. The van der Waals surface area contributed by atoms with E-state index in [9.17, 15) is 14.7 Å². The van der Waals surface area contributed by atoms with Gasteiger partial charge in [-0.1, -0.05) is 32.4 Å². The van der Waals surface area contributed by atoms with Crippen molar-refractivity contribution in [1.29, 1.82) is 0 Å². The molecule has 4 aliphatic carbocycles. The standard InChI is InChI=1S/C29H46N2O5/c1-19(18-36-27(34)31-15-13-30(14-16-31)26(33)35-4)23-7-8-24-22-6-5-20-17-21(32)9-11-28(20,2)25(22)10-12-29(23,24)3/h5,19,21-25,32H,6-18H2,1-4H3/t19?,21-,22-,23+,24-,25-,28-,29+/m0/s1. The van der Waals surface area contributed by atoms with Gasteiger partial charge >= 0.3 is 12.2 Å². The lowest BCUT2D eigenvalue weighted by Crippen LogP contribution is -2.51. The molecule has 0 aromatic carbocycles. The molecule has 0 spiro atoms. The van der Waals surface area contributed by atoms with Crippen LogP contribution >= 0.6 is 0 Å². The van der Waals surface area contributed by atoms with E-state index in [0.717, 1.165) is 37.0 Å². The lowest BCUT2D eigenvalue weighted by atomic mass is 9.47. The first-order valence-corrected chi connectivity index (χ1v) is 14.3. The highest BCUT2D eigenvalue weighted by Crippen LogP contribution is 2.67. The number of hydrogen-bond acceptors (Lipinski definition) is 5. The van der Waals surface area contributed by atoms with Crippen LogP contribution < -0.4 is 0 Å². The number of aliphatic hydroxyl groups is 1. The fourth-order valence-corrected chi connectivity index (χ4v) is 9.23. The molecule has 0 aromatic rings. The first kappa shape index (κ1) is 25.9. The number of hydrogen-bond donors (Lipinski definition) is 1. The molecule has 0 aromatic heterocycles. The number of aliphatic hydroxyl groups excluding tert-OH is 1. The highest BCUT2D eigenvalue weighted by Gasteiger charge is 2.59. The van der Waals surface area contributed by atoms with E-state index >= 15 is 0 Å². The van der Waals surface area contributed by atoms with Gasteiger partial charge in [0.1, 0.15) is 0 Å². The summed E-state index contributed by atoms with van der Waals surface area (Å²) in [4.78, 5) is 27.8. The van der Waals surface area contributed by atoms with E-state index in [1.807, 2.05) is 0 Å². The highest BCUT2D eigenvalue weighted by molar-refractivity contribution is 5.70. The SMILES string of the molecule is COC(=O)N1CCN(C(=O)OCC(C)[C@H]2CC[C@H]3[C@@H]4CC=C5C[C@@H](O)CC[C@]5(C)[C@H]4CC[C@]23C)CC1. The molecule has 1 aliphatic heterocycles. The molecule has 1 N–H and O–H groups in total. The third-order valence-corrected chi connectivity index (χ3v) is 11.3. The van der Waals surface area contributed by atoms with Crippen LogP contribution in [0.4, 0.5) is 9.59 Å². The minimum atomic E-state index is -0.338. The van der Waals surface area contributed by atoms with Gasteiger partial charge < -0.3 is 24.4 Å². The van der Waals surface area contributed by atoms with E-state index in [2.05, 4.69) is 26.8 Å². The summed E-state index contributed by atoms with van der Waals surface area (Å²) >= 11 is 0. The molecule has 8 atom stereocenters. The maximum absolute atomic E-state index is 12.8. The van der Waals surface area contributed by atoms with Crippen LogP contribution in [0.1, 0.15) is 72.1 Å². The lowest BCUT2D eigenvalue weighted by Gasteiger charge is -2.58. The smallest absolute Gasteiger partial charge is 0.409 e. The van der Waals surface area contributed by atoms with E-state index in [1.54, 1.807) is 9.80 Å². The molecule has 4 fully saturated rings. The van der Waals surface area contributed by atoms with Crippen molar-refractivity contribution in [2.75, 3.05) is 39.9 Å². The number of fused-ring (bicyclic) bond motifs is 5. The molecule has 5 rings (SSSR count). The van der Waals surface area contributed by atoms with Gasteiger partial charge in [-0.25, -0.2) is 9.59 Å². The lowest BCUT2D eigenvalue weighted by molar-refractivity contribution is -0.0609. The Kier molecular flexibility index (Phi) is 7.08. The van der Waals surface area contributed by atoms with Gasteiger partial charge in [-0.3, -0.25) is 0 Å². The summed E-state index contributed by atoms with van der Waals surface area (Å²) in [6.07, 6.45) is 11.0. The van der Waals surface area contributed by atoms with E-state index in [1.165, 1.54) is 44.8 Å². The number of allylic oxidation sites excluding steroid dienone is 1. The van der Waals surface area contributed by atoms with Crippen molar-refractivity contribution in [3.63, 3.8) is 0 Å². The van der Waals surface area contributed by atoms with Crippen molar-refractivity contribution >= 4 is 12.2 Å². The molecule has 202 valence electrons. The summed E-state index contributed by atoms with van der Waals surface area (Å²) in [6, 6.07) is 0. The molecule has 1 saturated heterocycles. The average molecular weight is 503 g/mol. The molecule has 36 heavy (non-hydrogen) atoms. The highest BCUT2D eigenvalue weighted by atomic mass is 16.6. The van der Waals surface area contributed by atoms with Crippen molar-refractivity contribution in [3.8, 4) is 0 Å². The third kappa shape index (κ3) is 4.33. The van der Waals surface area contributed by atoms with Gasteiger partial charge in [-0.2, -0.15) is 0 Å². The Bertz CT molecular complexity index is 883. The minimum Gasteiger partial charge on any atom is -0.453 e. The van der Waals surface area contributed by atoms with E-state index in [-0.39, 0.29) is 23.7 Å². The number of nitrogens with zero attached hydrogens (tertiary/aromatic N) is 2. The van der Waals surface area contributed by atoms with Gasteiger partial charge in [-0.05, 0) is 91.8 Å². The Hall–Kier alpha value is -1.76. The van der Waals surface area contributed by atoms with Gasteiger partial charge in [0.2, 0.25) is 0 Å². The number of piperazine rings is 1. The summed E-state index contributed by atoms with van der Waals surface area (Å²) in [5, 5.41) is 10.3. The van der Waals surface area contributed by atoms with Gasteiger partial charge in [0.15, 0.2) is 0 Å². The van der Waals surface area contributed by atoms with E-state index in [4.69, 9.17) is 9.47 Å². The van der Waals surface area contributed by atoms with Gasteiger partial charge in [0, 0.05) is 26.2 Å². The number of carbonyl (C=O) groups is 2. The molecule has 3 saturated carbocycles. The van der Waals surface area contributed by atoms with Crippen molar-refractivity contribution in [1.82, 2.24) is 9.80 Å². The molecule has 7 heteroatoms. The van der Waals surface area contributed by atoms with Crippen molar-refractivity contribution in [2.24, 2.45) is 40.4 Å². The van der Waals surface area contributed by atoms with Gasteiger partial charge in [-0.15, -0.1) is 0 Å². The zero-order chi connectivity index (χ0) is 25.7. The topological polar surface area (TPSA) is 79.3 Å². The molecular formula is C29H46N2O5. The van der Waals surface area contributed by atoms with Crippen molar-refractivity contribution in [2.45, 2.75) is 78.2 Å². The van der Waals surface area contributed by atoms with E-state index < -0.39 is 0 Å². The molecule has 1 unspecified atom stereocenters. The Labute approximate surface area is 216 Å². The van der Waals surface area contributed by atoms with Crippen LogP contribution in [-0.2, 0) is 9.47 Å². The quantitative estimate of drug-likeness (QED) is 0.544. The molecule has 0 bridgehead atoms. The number of amides is 2. The number of rotatable bonds is 3. The van der Waals surface area contributed by atoms with Crippen molar-refractivity contribution in [3.05, 3.63) is 11.6 Å². The first-order chi connectivity index (χ1) is 17.2. The Balaban J connectivity index is 1.18. The molecule has 5 aliphatic rings. The van der Waals surface area contributed by atoms with Crippen LogP contribution in [0.3, 0.4) is 0 Å². The Morgan fingerprint density at radius 2 is 1.72 bits per heavy atom. The van der Waals surface area contributed by atoms with Crippen LogP contribution in [0.25, 0.3) is 0 Å². The fraction of sp³-hybridized carbons (Fsp3) is 0.862. The van der Waals surface area contributed by atoms with Crippen LogP contribution in [-0.4, -0.2) is 73.1 Å². The summed E-state index contributed by atoms with van der Waals surface area (Å²) in [6.45, 7) is 9.70. The summed E-state index contributed by atoms with van der Waals surface area (Å²) < 4.78 is 10.6. The third-order valence-electron chi connectivity index (χ3n) is 11.3. The van der Waals surface area contributed by atoms with Gasteiger partial charge in [0.05, 0.1) is 19.8 Å². The summed E-state index contributed by atoms with van der Waals surface area (Å²) in [7, 11) is 1.38. The number of carbonyl (C=O) groups excluding carboxylic acids is 2. The summed E-state index contributed by atoms with van der Waals surface area (Å²) in [5.74, 6) is 3.16. The second-order valence-electron chi connectivity index (χ2n) is 12.9.